The van der Waals surface area contributed by atoms with E-state index in [-0.39, 0.29) is 11.2 Å². The maximum absolute atomic E-state index is 11.8. The largest absolute Gasteiger partial charge is 0.355 e. The highest BCUT2D eigenvalue weighted by Crippen LogP contribution is 2.25. The van der Waals surface area contributed by atoms with Crippen molar-refractivity contribution in [1.82, 2.24) is 25.5 Å². The van der Waals surface area contributed by atoms with Gasteiger partial charge in [0.2, 0.25) is 11.1 Å². The lowest BCUT2D eigenvalue weighted by Gasteiger charge is -2.11. The summed E-state index contributed by atoms with van der Waals surface area (Å²) in [6, 6.07) is 0. The highest BCUT2D eigenvalue weighted by atomic mass is 32.2. The molecule has 1 atom stereocenters. The number of carbonyl (C=O) groups is 1. The molecule has 0 unspecified atom stereocenters. The number of rotatable bonds is 4. The Bertz CT molecular complexity index is 405. The molecule has 0 radical (unpaired) electrons. The van der Waals surface area contributed by atoms with E-state index in [0.29, 0.717) is 11.7 Å². The molecular weight excluding hydrogens is 238 g/mol. The van der Waals surface area contributed by atoms with Gasteiger partial charge in [0, 0.05) is 6.54 Å². The molecule has 1 fully saturated rings. The molecular formula is C10H15N5OS. The van der Waals surface area contributed by atoms with Crippen LogP contribution in [0.25, 0.3) is 0 Å². The van der Waals surface area contributed by atoms with Crippen LogP contribution < -0.4 is 5.32 Å². The van der Waals surface area contributed by atoms with Gasteiger partial charge in [-0.25, -0.2) is 4.68 Å². The minimum atomic E-state index is -0.0907. The molecule has 6 nitrogen and oxygen atoms in total. The molecule has 17 heavy (non-hydrogen) atoms. The van der Waals surface area contributed by atoms with E-state index >= 15 is 0 Å². The fourth-order valence-corrected chi connectivity index (χ4v) is 2.71. The maximum Gasteiger partial charge on any atom is 0.233 e. The number of aromatic nitrogens is 4. The number of hydrogen-bond donors (Lipinski definition) is 1. The van der Waals surface area contributed by atoms with Gasteiger partial charge >= 0.3 is 0 Å². The molecule has 2 heterocycles. The molecule has 1 aliphatic heterocycles. The first kappa shape index (κ1) is 12.1. The standard InChI is InChI=1S/C10H15N5OS/c1-2-7-15-10(12-13-14-15)17-8-5-3-4-6-11-9(8)16/h2,8H,1,3-7H2,(H,11,16)/t8-/m1/s1. The molecule has 0 aromatic carbocycles. The van der Waals surface area contributed by atoms with E-state index in [9.17, 15) is 4.79 Å². The van der Waals surface area contributed by atoms with E-state index in [0.717, 1.165) is 25.8 Å². The van der Waals surface area contributed by atoms with E-state index in [1.165, 1.54) is 11.8 Å². The monoisotopic (exact) mass is 253 g/mol. The van der Waals surface area contributed by atoms with Crippen molar-refractivity contribution in [3.8, 4) is 0 Å². The summed E-state index contributed by atoms with van der Waals surface area (Å²) in [7, 11) is 0. The smallest absolute Gasteiger partial charge is 0.233 e. The number of allylic oxidation sites excluding steroid dienone is 1. The minimum absolute atomic E-state index is 0.0839. The number of nitrogens with one attached hydrogen (secondary N) is 1. The fourth-order valence-electron chi connectivity index (χ4n) is 1.67. The molecule has 0 bridgehead atoms. The van der Waals surface area contributed by atoms with Crippen molar-refractivity contribution in [2.45, 2.75) is 36.2 Å². The normalized spacial score (nSPS) is 20.7. The van der Waals surface area contributed by atoms with Gasteiger partial charge in [-0.15, -0.1) is 11.7 Å². The van der Waals surface area contributed by atoms with Crippen molar-refractivity contribution in [2.24, 2.45) is 0 Å². The van der Waals surface area contributed by atoms with Crippen LogP contribution in [0.3, 0.4) is 0 Å². The molecule has 92 valence electrons. The summed E-state index contributed by atoms with van der Waals surface area (Å²) in [5.41, 5.74) is 0. The highest BCUT2D eigenvalue weighted by molar-refractivity contribution is 8.00. The van der Waals surface area contributed by atoms with Crippen LogP contribution in [0.2, 0.25) is 0 Å². The predicted octanol–water partition coefficient (Wildman–Crippen LogP) is 0.620. The summed E-state index contributed by atoms with van der Waals surface area (Å²) < 4.78 is 1.65. The third kappa shape index (κ3) is 3.06. The SMILES string of the molecule is C=CCn1nnnc1S[C@@H]1CCCCNC1=O. The number of thioether (sulfide) groups is 1. The lowest BCUT2D eigenvalue weighted by molar-refractivity contribution is -0.120. The molecule has 1 aromatic heterocycles. The summed E-state index contributed by atoms with van der Waals surface area (Å²) in [6.45, 7) is 4.98. The summed E-state index contributed by atoms with van der Waals surface area (Å²) in [6.07, 6.45) is 4.70. The molecule has 0 aliphatic carbocycles. The quantitative estimate of drug-likeness (QED) is 0.796. The van der Waals surface area contributed by atoms with Gasteiger partial charge in [0.25, 0.3) is 0 Å². The van der Waals surface area contributed by atoms with Crippen LogP contribution in [-0.4, -0.2) is 37.9 Å². The van der Waals surface area contributed by atoms with E-state index in [1.54, 1.807) is 10.8 Å². The summed E-state index contributed by atoms with van der Waals surface area (Å²) in [4.78, 5) is 11.8. The van der Waals surface area contributed by atoms with Crippen LogP contribution >= 0.6 is 11.8 Å². The lowest BCUT2D eigenvalue weighted by atomic mass is 10.2. The van der Waals surface area contributed by atoms with Gasteiger partial charge in [0.05, 0.1) is 11.8 Å². The molecule has 1 amide bonds. The van der Waals surface area contributed by atoms with Crippen LogP contribution in [0.4, 0.5) is 0 Å². The van der Waals surface area contributed by atoms with Gasteiger partial charge in [0.1, 0.15) is 0 Å². The average Bonchev–Trinajstić information content (AvgIpc) is 2.64. The Labute approximate surface area is 104 Å². The Kier molecular flexibility index (Phi) is 4.13. The van der Waals surface area contributed by atoms with Crippen LogP contribution in [0.5, 0.6) is 0 Å². The molecule has 1 saturated heterocycles. The highest BCUT2D eigenvalue weighted by Gasteiger charge is 2.24. The van der Waals surface area contributed by atoms with Gasteiger partial charge in [-0.05, 0) is 23.3 Å². The third-order valence-electron chi connectivity index (χ3n) is 2.53. The maximum atomic E-state index is 11.8. The predicted molar refractivity (Wildman–Crippen MR) is 64.5 cm³/mol. The molecule has 1 aliphatic rings. The lowest BCUT2D eigenvalue weighted by Crippen LogP contribution is -2.30. The summed E-state index contributed by atoms with van der Waals surface area (Å²) in [5.74, 6) is 0.0839. The number of carbonyl (C=O) groups excluding carboxylic acids is 1. The second-order valence-corrected chi connectivity index (χ2v) is 5.00. The number of nitrogens with zero attached hydrogens (tertiary/aromatic N) is 4. The van der Waals surface area contributed by atoms with E-state index in [2.05, 4.69) is 27.4 Å². The van der Waals surface area contributed by atoms with Gasteiger partial charge in [-0.3, -0.25) is 4.79 Å². The minimum Gasteiger partial charge on any atom is -0.355 e. The molecule has 2 rings (SSSR count). The van der Waals surface area contributed by atoms with Gasteiger partial charge < -0.3 is 5.32 Å². The van der Waals surface area contributed by atoms with E-state index in [1.807, 2.05) is 0 Å². The zero-order valence-corrected chi connectivity index (χ0v) is 10.3. The van der Waals surface area contributed by atoms with Crippen molar-refractivity contribution in [3.05, 3.63) is 12.7 Å². The fraction of sp³-hybridized carbons (Fsp3) is 0.600. The number of tetrazole rings is 1. The van der Waals surface area contributed by atoms with Crippen LogP contribution in [-0.2, 0) is 11.3 Å². The number of amides is 1. The molecule has 7 heteroatoms. The van der Waals surface area contributed by atoms with Crippen molar-refractivity contribution < 1.29 is 4.79 Å². The Morgan fingerprint density at radius 2 is 2.47 bits per heavy atom. The first-order valence-electron chi connectivity index (χ1n) is 5.62. The Morgan fingerprint density at radius 1 is 1.59 bits per heavy atom. The van der Waals surface area contributed by atoms with E-state index < -0.39 is 0 Å². The Morgan fingerprint density at radius 3 is 3.29 bits per heavy atom. The van der Waals surface area contributed by atoms with Gasteiger partial charge in [0.15, 0.2) is 0 Å². The molecule has 0 spiro atoms. The van der Waals surface area contributed by atoms with Crippen LogP contribution in [0.1, 0.15) is 19.3 Å². The Hall–Kier alpha value is -1.37. The second kappa shape index (κ2) is 5.81. The summed E-state index contributed by atoms with van der Waals surface area (Å²) in [5, 5.41) is 14.9. The van der Waals surface area contributed by atoms with Crippen molar-refractivity contribution in [2.75, 3.05) is 6.54 Å². The van der Waals surface area contributed by atoms with Gasteiger partial charge in [-0.1, -0.05) is 24.3 Å². The molecule has 1 aromatic rings. The topological polar surface area (TPSA) is 72.7 Å². The molecule has 1 N–H and O–H groups in total. The van der Waals surface area contributed by atoms with Crippen molar-refractivity contribution in [3.63, 3.8) is 0 Å². The van der Waals surface area contributed by atoms with E-state index in [4.69, 9.17) is 0 Å². The van der Waals surface area contributed by atoms with Crippen molar-refractivity contribution >= 4 is 17.7 Å². The van der Waals surface area contributed by atoms with Crippen LogP contribution in [0, 0.1) is 0 Å². The zero-order valence-electron chi connectivity index (χ0n) is 9.50. The van der Waals surface area contributed by atoms with Gasteiger partial charge in [-0.2, -0.15) is 0 Å². The van der Waals surface area contributed by atoms with Crippen LogP contribution in [0.15, 0.2) is 17.8 Å². The Balaban J connectivity index is 2.05. The van der Waals surface area contributed by atoms with Crippen molar-refractivity contribution in [1.29, 1.82) is 0 Å². The zero-order chi connectivity index (χ0) is 12.1. The average molecular weight is 253 g/mol. The number of hydrogen-bond acceptors (Lipinski definition) is 5. The first-order chi connectivity index (χ1) is 8.31. The third-order valence-corrected chi connectivity index (χ3v) is 3.77. The first-order valence-corrected chi connectivity index (χ1v) is 6.50. The summed E-state index contributed by atoms with van der Waals surface area (Å²) >= 11 is 1.43. The molecule has 0 saturated carbocycles. The second-order valence-electron chi connectivity index (χ2n) is 3.83.